The maximum atomic E-state index is 3.98. The summed E-state index contributed by atoms with van der Waals surface area (Å²) in [5.74, 6) is 2.08. The number of allylic oxidation sites excluding steroid dienone is 1. The van der Waals surface area contributed by atoms with Gasteiger partial charge in [-0.2, -0.15) is 0 Å². The molecule has 2 fully saturated rings. The van der Waals surface area contributed by atoms with Crippen LogP contribution in [0.25, 0.3) is 0 Å². The first kappa shape index (κ1) is 3.71. The van der Waals surface area contributed by atoms with E-state index in [1.807, 2.05) is 0 Å². The molecule has 0 heterocycles. The molecule has 0 bridgehead atoms. The molecule has 0 spiro atoms. The van der Waals surface area contributed by atoms with Gasteiger partial charge in [0.1, 0.15) is 0 Å². The van der Waals surface area contributed by atoms with E-state index in [-0.39, 0.29) is 0 Å². The smallest absolute Gasteiger partial charge is 0.0174 e. The third-order valence-electron chi connectivity index (χ3n) is 2.28. The van der Waals surface area contributed by atoms with Crippen molar-refractivity contribution in [2.24, 2.45) is 11.8 Å². The maximum absolute atomic E-state index is 3.98. The van der Waals surface area contributed by atoms with E-state index in [0.717, 1.165) is 11.8 Å². The summed E-state index contributed by atoms with van der Waals surface area (Å²) in [4.78, 5) is 0. The first-order valence-corrected chi connectivity index (χ1v) is 3.05. The average molecular weight is 94.2 g/mol. The molecular formula is C7H10. The summed E-state index contributed by atoms with van der Waals surface area (Å²) in [6, 6.07) is 0. The van der Waals surface area contributed by atoms with Crippen LogP contribution in [0.2, 0.25) is 0 Å². The molecule has 2 aliphatic carbocycles. The lowest BCUT2D eigenvalue weighted by atomic mass is 10.2. The fraction of sp³-hybridized carbons (Fsp3) is 0.714. The summed E-state index contributed by atoms with van der Waals surface area (Å²) in [6.07, 6.45) is 4.25. The van der Waals surface area contributed by atoms with E-state index in [4.69, 9.17) is 0 Å². The molecule has 0 N–H and O–H groups in total. The number of rotatable bonds is 0. The quantitative estimate of drug-likeness (QED) is 0.402. The normalized spacial score (nSPS) is 46.6. The Kier molecular flexibility index (Phi) is 0.495. The van der Waals surface area contributed by atoms with E-state index in [1.54, 1.807) is 0 Å². The molecular weight excluding hydrogens is 84.1 g/mol. The predicted molar refractivity (Wildman–Crippen MR) is 30.0 cm³/mol. The third kappa shape index (κ3) is 0.370. The first-order valence-electron chi connectivity index (χ1n) is 3.05. The Morgan fingerprint density at radius 1 is 1.57 bits per heavy atom. The van der Waals surface area contributed by atoms with Crippen LogP contribution in [0.4, 0.5) is 0 Å². The first-order chi connectivity index (χ1) is 3.38. The Labute approximate surface area is 44.2 Å². The van der Waals surface area contributed by atoms with Crippen molar-refractivity contribution < 1.29 is 0 Å². The Hall–Kier alpha value is -0.260. The van der Waals surface area contributed by atoms with Gasteiger partial charge >= 0.3 is 0 Å². The molecule has 2 aliphatic rings. The third-order valence-corrected chi connectivity index (χ3v) is 2.28. The second-order valence-electron chi connectivity index (χ2n) is 2.80. The highest BCUT2D eigenvalue weighted by atomic mass is 14.5. The van der Waals surface area contributed by atoms with Crippen molar-refractivity contribution in [3.63, 3.8) is 0 Å². The summed E-state index contributed by atoms with van der Waals surface area (Å²) in [5, 5.41) is 0. The highest BCUT2D eigenvalue weighted by Gasteiger charge is 2.43. The Morgan fingerprint density at radius 2 is 2.43 bits per heavy atom. The minimum absolute atomic E-state index is 0.986. The second-order valence-corrected chi connectivity index (χ2v) is 2.80. The van der Waals surface area contributed by atoms with E-state index in [9.17, 15) is 0 Å². The van der Waals surface area contributed by atoms with Crippen LogP contribution in [-0.2, 0) is 0 Å². The van der Waals surface area contributed by atoms with E-state index in [1.165, 1.54) is 24.8 Å². The van der Waals surface area contributed by atoms with Gasteiger partial charge in [-0.15, -0.1) is 0 Å². The lowest BCUT2D eigenvalue weighted by molar-refractivity contribution is 0.786. The summed E-state index contributed by atoms with van der Waals surface area (Å²) in [5.41, 5.74) is 1.53. The van der Waals surface area contributed by atoms with Crippen LogP contribution >= 0.6 is 0 Å². The van der Waals surface area contributed by atoms with Gasteiger partial charge in [-0.05, 0) is 31.1 Å². The highest BCUT2D eigenvalue weighted by molar-refractivity contribution is 5.17. The van der Waals surface area contributed by atoms with Crippen molar-refractivity contribution >= 4 is 0 Å². The fourth-order valence-electron chi connectivity index (χ4n) is 1.62. The van der Waals surface area contributed by atoms with Crippen molar-refractivity contribution in [3.8, 4) is 0 Å². The molecule has 0 heteroatoms. The Bertz CT molecular complexity index is 113. The van der Waals surface area contributed by atoms with Gasteiger partial charge in [-0.3, -0.25) is 0 Å². The van der Waals surface area contributed by atoms with Crippen molar-refractivity contribution in [3.05, 3.63) is 12.2 Å². The largest absolute Gasteiger partial charge is 0.0996 e. The van der Waals surface area contributed by atoms with Crippen molar-refractivity contribution in [2.75, 3.05) is 0 Å². The van der Waals surface area contributed by atoms with Crippen LogP contribution in [0.5, 0.6) is 0 Å². The predicted octanol–water partition coefficient (Wildman–Crippen LogP) is 1.97. The van der Waals surface area contributed by atoms with E-state index in [0.29, 0.717) is 0 Å². The van der Waals surface area contributed by atoms with Crippen LogP contribution in [0.3, 0.4) is 0 Å². The van der Waals surface area contributed by atoms with Crippen LogP contribution in [0.1, 0.15) is 19.3 Å². The van der Waals surface area contributed by atoms with Crippen molar-refractivity contribution in [2.45, 2.75) is 19.3 Å². The number of fused-ring (bicyclic) bond motifs is 1. The van der Waals surface area contributed by atoms with E-state index < -0.39 is 0 Å². The van der Waals surface area contributed by atoms with Crippen LogP contribution in [0, 0.1) is 11.8 Å². The topological polar surface area (TPSA) is 0 Å². The zero-order valence-electron chi connectivity index (χ0n) is 4.48. The average Bonchev–Trinajstić information content (AvgIpc) is 2.33. The molecule has 0 aromatic rings. The molecule has 0 aromatic heterocycles. The van der Waals surface area contributed by atoms with Crippen molar-refractivity contribution in [1.82, 2.24) is 0 Å². The van der Waals surface area contributed by atoms with Gasteiger partial charge < -0.3 is 0 Å². The second kappa shape index (κ2) is 0.936. The molecule has 0 saturated heterocycles. The van der Waals surface area contributed by atoms with E-state index >= 15 is 0 Å². The Morgan fingerprint density at radius 3 is 2.57 bits per heavy atom. The van der Waals surface area contributed by atoms with Gasteiger partial charge in [0.25, 0.3) is 0 Å². The molecule has 38 valence electrons. The molecule has 2 atom stereocenters. The van der Waals surface area contributed by atoms with E-state index in [2.05, 4.69) is 6.58 Å². The summed E-state index contributed by atoms with van der Waals surface area (Å²) in [7, 11) is 0. The number of hydrogen-bond donors (Lipinski definition) is 0. The van der Waals surface area contributed by atoms with Crippen LogP contribution < -0.4 is 0 Å². The molecule has 2 saturated carbocycles. The summed E-state index contributed by atoms with van der Waals surface area (Å²) in [6.45, 7) is 3.98. The van der Waals surface area contributed by atoms with Gasteiger partial charge in [0.05, 0.1) is 0 Å². The summed E-state index contributed by atoms with van der Waals surface area (Å²) >= 11 is 0. The zero-order valence-corrected chi connectivity index (χ0v) is 4.48. The minimum Gasteiger partial charge on any atom is -0.0996 e. The lowest BCUT2D eigenvalue weighted by Gasteiger charge is -1.88. The monoisotopic (exact) mass is 94.1 g/mol. The molecule has 2 rings (SSSR count). The minimum atomic E-state index is 0.986. The lowest BCUT2D eigenvalue weighted by Crippen LogP contribution is -1.72. The molecule has 0 aliphatic heterocycles. The highest BCUT2D eigenvalue weighted by Crippen LogP contribution is 2.54. The van der Waals surface area contributed by atoms with Gasteiger partial charge in [-0.1, -0.05) is 12.2 Å². The Balaban J connectivity index is 2.21. The van der Waals surface area contributed by atoms with Crippen LogP contribution in [-0.4, -0.2) is 0 Å². The molecule has 0 aromatic carbocycles. The molecule has 1 unspecified atom stereocenters. The van der Waals surface area contributed by atoms with Crippen LogP contribution in [0.15, 0.2) is 12.2 Å². The van der Waals surface area contributed by atoms with Crippen molar-refractivity contribution in [1.29, 1.82) is 0 Å². The molecule has 0 radical (unpaired) electrons. The molecule has 0 nitrogen and oxygen atoms in total. The van der Waals surface area contributed by atoms with Gasteiger partial charge in [-0.25, -0.2) is 0 Å². The van der Waals surface area contributed by atoms with Gasteiger partial charge in [0, 0.05) is 0 Å². The van der Waals surface area contributed by atoms with Gasteiger partial charge in [0.15, 0.2) is 0 Å². The fourth-order valence-corrected chi connectivity index (χ4v) is 1.62. The summed E-state index contributed by atoms with van der Waals surface area (Å²) < 4.78 is 0. The standard InChI is InChI=1S/C7H10/c1-5-2-3-6-4-7(5)6/h6-7H,1-4H2/t6-,7?/m1/s1. The molecule has 0 amide bonds. The molecule has 7 heavy (non-hydrogen) atoms. The number of hydrogen-bond acceptors (Lipinski definition) is 0. The SMILES string of the molecule is C=C1CC[C@@H]2CC12. The van der Waals surface area contributed by atoms with Gasteiger partial charge in [0.2, 0.25) is 0 Å². The maximum Gasteiger partial charge on any atom is -0.0174 e. The zero-order chi connectivity index (χ0) is 4.85.